The van der Waals surface area contributed by atoms with Crippen molar-refractivity contribution < 1.29 is 9.53 Å². The summed E-state index contributed by atoms with van der Waals surface area (Å²) in [5, 5.41) is 0.891. The first-order valence-corrected chi connectivity index (χ1v) is 8.06. The van der Waals surface area contributed by atoms with Gasteiger partial charge in [0, 0.05) is 23.8 Å². The first-order valence-electron chi connectivity index (χ1n) is 7.30. The Bertz CT molecular complexity index is 697. The minimum absolute atomic E-state index is 0.0967. The molecular formula is C16H15Cl2N3O2. The highest BCUT2D eigenvalue weighted by atomic mass is 35.5. The fourth-order valence-electron chi connectivity index (χ4n) is 2.57. The number of hydrogen-bond acceptors (Lipinski definition) is 4. The summed E-state index contributed by atoms with van der Waals surface area (Å²) in [6.07, 6.45) is 4.70. The Morgan fingerprint density at radius 1 is 1.30 bits per heavy atom. The van der Waals surface area contributed by atoms with Crippen LogP contribution >= 0.6 is 23.2 Å². The average molecular weight is 352 g/mol. The van der Waals surface area contributed by atoms with Crippen LogP contribution in [0.1, 0.15) is 23.2 Å². The summed E-state index contributed by atoms with van der Waals surface area (Å²) in [6.45, 7) is 1.16. The second kappa shape index (κ2) is 7.15. The van der Waals surface area contributed by atoms with Gasteiger partial charge >= 0.3 is 0 Å². The second-order valence-electron chi connectivity index (χ2n) is 5.31. The summed E-state index contributed by atoms with van der Waals surface area (Å²) in [5.41, 5.74) is 0.418. The van der Waals surface area contributed by atoms with Crippen LogP contribution in [0.25, 0.3) is 0 Å². The first kappa shape index (κ1) is 16.0. The van der Waals surface area contributed by atoms with E-state index in [0.29, 0.717) is 34.6 Å². The zero-order valence-electron chi connectivity index (χ0n) is 12.3. The minimum atomic E-state index is -0.131. The molecule has 120 valence electrons. The van der Waals surface area contributed by atoms with E-state index in [1.165, 1.54) is 6.33 Å². The van der Waals surface area contributed by atoms with Gasteiger partial charge in [-0.05, 0) is 31.0 Å². The van der Waals surface area contributed by atoms with Crippen molar-refractivity contribution in [3.63, 3.8) is 0 Å². The third kappa shape index (κ3) is 3.92. The SMILES string of the molecule is O=C(c1cc(Cl)ccc1Cl)N1CCCC(Oc2ccncn2)C1. The van der Waals surface area contributed by atoms with E-state index >= 15 is 0 Å². The van der Waals surface area contributed by atoms with Crippen LogP contribution in [0, 0.1) is 0 Å². The lowest BCUT2D eigenvalue weighted by atomic mass is 10.1. The lowest BCUT2D eigenvalue weighted by Crippen LogP contribution is -2.44. The molecule has 1 aliphatic heterocycles. The van der Waals surface area contributed by atoms with Gasteiger partial charge in [-0.2, -0.15) is 0 Å². The van der Waals surface area contributed by atoms with Crippen molar-refractivity contribution in [1.82, 2.24) is 14.9 Å². The van der Waals surface area contributed by atoms with Gasteiger partial charge in [0.05, 0.1) is 17.1 Å². The number of carbonyl (C=O) groups excluding carboxylic acids is 1. The Labute approximate surface area is 144 Å². The summed E-state index contributed by atoms with van der Waals surface area (Å²) in [4.78, 5) is 22.3. The molecule has 1 atom stereocenters. The highest BCUT2D eigenvalue weighted by molar-refractivity contribution is 6.35. The molecule has 5 nitrogen and oxygen atoms in total. The number of nitrogens with zero attached hydrogens (tertiary/aromatic N) is 3. The number of likely N-dealkylation sites (tertiary alicyclic amines) is 1. The van der Waals surface area contributed by atoms with E-state index in [4.69, 9.17) is 27.9 Å². The Balaban J connectivity index is 1.70. The van der Waals surface area contributed by atoms with E-state index in [1.807, 2.05) is 0 Å². The maximum absolute atomic E-state index is 12.7. The smallest absolute Gasteiger partial charge is 0.255 e. The third-order valence-electron chi connectivity index (χ3n) is 3.67. The number of amides is 1. The Kier molecular flexibility index (Phi) is 4.98. The molecule has 7 heteroatoms. The van der Waals surface area contributed by atoms with Gasteiger partial charge in [0.2, 0.25) is 5.88 Å². The average Bonchev–Trinajstić information content (AvgIpc) is 2.57. The number of hydrogen-bond donors (Lipinski definition) is 0. The van der Waals surface area contributed by atoms with Crippen LogP contribution in [0.15, 0.2) is 36.8 Å². The van der Waals surface area contributed by atoms with Crippen LogP contribution in [0.3, 0.4) is 0 Å². The van der Waals surface area contributed by atoms with E-state index in [0.717, 1.165) is 12.8 Å². The van der Waals surface area contributed by atoms with Crippen LogP contribution < -0.4 is 4.74 Å². The molecule has 2 heterocycles. The van der Waals surface area contributed by atoms with Gasteiger partial charge in [-0.25, -0.2) is 9.97 Å². The summed E-state index contributed by atoms with van der Waals surface area (Å²) < 4.78 is 5.82. The van der Waals surface area contributed by atoms with E-state index in [9.17, 15) is 4.79 Å². The number of ether oxygens (including phenoxy) is 1. The molecule has 1 aliphatic rings. The number of carbonyl (C=O) groups is 1. The summed E-state index contributed by atoms with van der Waals surface area (Å²) in [5.74, 6) is 0.383. The van der Waals surface area contributed by atoms with Crippen molar-refractivity contribution in [2.45, 2.75) is 18.9 Å². The molecule has 1 unspecified atom stereocenters. The molecule has 0 saturated carbocycles. The molecular weight excluding hydrogens is 337 g/mol. The molecule has 1 saturated heterocycles. The third-order valence-corrected chi connectivity index (χ3v) is 4.23. The lowest BCUT2D eigenvalue weighted by Gasteiger charge is -2.32. The van der Waals surface area contributed by atoms with E-state index < -0.39 is 0 Å². The number of halogens is 2. The molecule has 0 N–H and O–H groups in total. The first-order chi connectivity index (χ1) is 11.1. The van der Waals surface area contributed by atoms with Gasteiger partial charge in [0.1, 0.15) is 12.4 Å². The predicted octanol–water partition coefficient (Wildman–Crippen LogP) is 3.47. The van der Waals surface area contributed by atoms with Crippen LogP contribution in [-0.2, 0) is 0 Å². The van der Waals surface area contributed by atoms with Crippen LogP contribution in [0.2, 0.25) is 10.0 Å². The van der Waals surface area contributed by atoms with E-state index in [2.05, 4.69) is 9.97 Å². The normalized spacial score (nSPS) is 17.8. The molecule has 3 rings (SSSR count). The van der Waals surface area contributed by atoms with Crippen LogP contribution in [-0.4, -0.2) is 40.0 Å². The van der Waals surface area contributed by atoms with Crippen LogP contribution in [0.4, 0.5) is 0 Å². The van der Waals surface area contributed by atoms with Crippen molar-refractivity contribution in [3.8, 4) is 5.88 Å². The quantitative estimate of drug-likeness (QED) is 0.849. The van der Waals surface area contributed by atoms with Gasteiger partial charge in [0.15, 0.2) is 0 Å². The molecule has 1 aromatic carbocycles. The van der Waals surface area contributed by atoms with E-state index in [1.54, 1.807) is 35.4 Å². The fraction of sp³-hybridized carbons (Fsp3) is 0.312. The number of benzene rings is 1. The molecule has 23 heavy (non-hydrogen) atoms. The topological polar surface area (TPSA) is 55.3 Å². The lowest BCUT2D eigenvalue weighted by molar-refractivity contribution is 0.0527. The number of aromatic nitrogens is 2. The van der Waals surface area contributed by atoms with E-state index in [-0.39, 0.29) is 12.0 Å². The van der Waals surface area contributed by atoms with Gasteiger partial charge in [-0.15, -0.1) is 0 Å². The number of piperidine rings is 1. The largest absolute Gasteiger partial charge is 0.472 e. The summed E-state index contributed by atoms with van der Waals surface area (Å²) in [6, 6.07) is 6.60. The Morgan fingerprint density at radius 3 is 2.96 bits per heavy atom. The molecule has 1 fully saturated rings. The standard InChI is InChI=1S/C16H15Cl2N3O2/c17-11-3-4-14(18)13(8-11)16(22)21-7-1-2-12(9-21)23-15-5-6-19-10-20-15/h3-6,8,10,12H,1-2,7,9H2. The maximum Gasteiger partial charge on any atom is 0.255 e. The van der Waals surface area contributed by atoms with Gasteiger partial charge in [0.25, 0.3) is 5.91 Å². The van der Waals surface area contributed by atoms with Crippen molar-refractivity contribution in [1.29, 1.82) is 0 Å². The number of rotatable bonds is 3. The van der Waals surface area contributed by atoms with Gasteiger partial charge < -0.3 is 9.64 Å². The van der Waals surface area contributed by atoms with Gasteiger partial charge in [-0.1, -0.05) is 23.2 Å². The minimum Gasteiger partial charge on any atom is -0.472 e. The second-order valence-corrected chi connectivity index (χ2v) is 6.15. The van der Waals surface area contributed by atoms with Crippen molar-refractivity contribution in [2.24, 2.45) is 0 Å². The highest BCUT2D eigenvalue weighted by Crippen LogP contribution is 2.24. The predicted molar refractivity (Wildman–Crippen MR) is 88.0 cm³/mol. The summed E-state index contributed by atoms with van der Waals surface area (Å²) >= 11 is 12.1. The Morgan fingerprint density at radius 2 is 2.17 bits per heavy atom. The maximum atomic E-state index is 12.7. The van der Waals surface area contributed by atoms with Crippen molar-refractivity contribution >= 4 is 29.1 Å². The molecule has 0 spiro atoms. The van der Waals surface area contributed by atoms with Crippen molar-refractivity contribution in [3.05, 3.63) is 52.4 Å². The Hall–Kier alpha value is -1.85. The summed E-state index contributed by atoms with van der Waals surface area (Å²) in [7, 11) is 0. The zero-order valence-corrected chi connectivity index (χ0v) is 13.8. The molecule has 0 aliphatic carbocycles. The zero-order chi connectivity index (χ0) is 16.2. The monoisotopic (exact) mass is 351 g/mol. The van der Waals surface area contributed by atoms with Gasteiger partial charge in [-0.3, -0.25) is 4.79 Å². The molecule has 1 aromatic heterocycles. The molecule has 0 radical (unpaired) electrons. The molecule has 2 aromatic rings. The molecule has 1 amide bonds. The van der Waals surface area contributed by atoms with Crippen LogP contribution in [0.5, 0.6) is 5.88 Å². The highest BCUT2D eigenvalue weighted by Gasteiger charge is 2.27. The molecule has 0 bridgehead atoms. The van der Waals surface area contributed by atoms with Crippen molar-refractivity contribution in [2.75, 3.05) is 13.1 Å². The fourth-order valence-corrected chi connectivity index (χ4v) is 2.94.